The number of aliphatic hydroxyl groups excluding tert-OH is 8. The molecule has 1 heterocycles. The van der Waals surface area contributed by atoms with Crippen LogP contribution in [0.5, 0.6) is 0 Å². The fraction of sp³-hybridized carbons (Fsp3) is 0.923. The highest BCUT2D eigenvalue weighted by molar-refractivity contribution is 5.26. The molecule has 208 valence electrons. The molecule has 0 spiro atoms. The van der Waals surface area contributed by atoms with Crippen LogP contribution in [0.25, 0.3) is 0 Å². The van der Waals surface area contributed by atoms with Crippen molar-refractivity contribution >= 4 is 0 Å². The summed E-state index contributed by atoms with van der Waals surface area (Å²) in [5.41, 5.74) is -0.396. The summed E-state index contributed by atoms with van der Waals surface area (Å²) in [6, 6.07) is 0. The van der Waals surface area contributed by atoms with Crippen LogP contribution in [0.15, 0.2) is 11.6 Å². The zero-order chi connectivity index (χ0) is 26.5. The zero-order valence-corrected chi connectivity index (χ0v) is 21.2. The van der Waals surface area contributed by atoms with Gasteiger partial charge in [-0.25, -0.2) is 0 Å². The third-order valence-electron chi connectivity index (χ3n) is 9.91. The second-order valence-electron chi connectivity index (χ2n) is 12.2. The minimum absolute atomic E-state index is 0.0240. The first-order valence-electron chi connectivity index (χ1n) is 13.2. The summed E-state index contributed by atoms with van der Waals surface area (Å²) in [5.74, 6) is 0.407. The smallest absolute Gasteiger partial charge is 0.186 e. The van der Waals surface area contributed by atoms with Crippen molar-refractivity contribution in [1.82, 2.24) is 0 Å². The van der Waals surface area contributed by atoms with Gasteiger partial charge in [-0.1, -0.05) is 25.5 Å². The Morgan fingerprint density at radius 1 is 1.03 bits per heavy atom. The molecule has 0 bridgehead atoms. The topological polar surface area (TPSA) is 180 Å². The van der Waals surface area contributed by atoms with Crippen LogP contribution in [0.4, 0.5) is 0 Å². The van der Waals surface area contributed by atoms with Crippen LogP contribution in [0.3, 0.4) is 0 Å². The predicted molar refractivity (Wildman–Crippen MR) is 127 cm³/mol. The Bertz CT molecular complexity index is 806. The van der Waals surface area contributed by atoms with Gasteiger partial charge in [0.2, 0.25) is 0 Å². The molecule has 10 heteroatoms. The van der Waals surface area contributed by atoms with Crippen molar-refractivity contribution in [2.24, 2.45) is 28.1 Å². The summed E-state index contributed by atoms with van der Waals surface area (Å²) in [6.07, 6.45) is -2.66. The highest BCUT2D eigenvalue weighted by atomic mass is 16.7. The Labute approximate surface area is 212 Å². The molecule has 12 atom stereocenters. The van der Waals surface area contributed by atoms with E-state index >= 15 is 0 Å². The first kappa shape index (κ1) is 28.4. The van der Waals surface area contributed by atoms with E-state index in [1.165, 1.54) is 0 Å². The number of fused-ring (bicyclic) bond motifs is 3. The maximum Gasteiger partial charge on any atom is 0.186 e. The molecular weight excluding hydrogens is 472 g/mol. The Morgan fingerprint density at radius 2 is 1.75 bits per heavy atom. The summed E-state index contributed by atoms with van der Waals surface area (Å²) in [4.78, 5) is 0. The number of ether oxygens (including phenoxy) is 2. The molecule has 0 aromatic heterocycles. The van der Waals surface area contributed by atoms with Gasteiger partial charge in [0.25, 0.3) is 0 Å². The molecular formula is C26H44O10. The van der Waals surface area contributed by atoms with Gasteiger partial charge in [0, 0.05) is 12.0 Å². The minimum Gasteiger partial charge on any atom is -0.396 e. The molecule has 3 aliphatic carbocycles. The van der Waals surface area contributed by atoms with Gasteiger partial charge in [-0.3, -0.25) is 0 Å². The summed E-state index contributed by atoms with van der Waals surface area (Å²) < 4.78 is 11.3. The normalized spacial score (nSPS) is 50.1. The van der Waals surface area contributed by atoms with Gasteiger partial charge in [-0.15, -0.1) is 0 Å². The molecule has 10 nitrogen and oxygen atoms in total. The molecule has 4 rings (SSSR count). The Hall–Kier alpha value is -0.660. The monoisotopic (exact) mass is 516 g/mol. The van der Waals surface area contributed by atoms with Crippen LogP contribution in [-0.2, 0) is 9.47 Å². The summed E-state index contributed by atoms with van der Waals surface area (Å²) in [5, 5.41) is 81.6. The minimum atomic E-state index is -1.57. The molecule has 0 unspecified atom stereocenters. The maximum atomic E-state index is 10.9. The van der Waals surface area contributed by atoms with E-state index in [1.807, 2.05) is 6.08 Å². The standard InChI is InChI=1S/C26H44O10/c1-24(12-29)8-15(30)9-25(2)16-5-6-26(19(31)11-28,7-14(16)3-4-18(24)25)13-35-23-22(34)21(33)20(32)17(10-27)36-23/h7,15-23,27-34H,3-6,8-13H2,1-2H3/t15-,16+,17-,18+,19+,20-,21+,22-,23-,24-,25-,26+/m1/s1. The lowest BCUT2D eigenvalue weighted by molar-refractivity contribution is -0.307. The van der Waals surface area contributed by atoms with Gasteiger partial charge < -0.3 is 50.3 Å². The summed E-state index contributed by atoms with van der Waals surface area (Å²) in [7, 11) is 0. The predicted octanol–water partition coefficient (Wildman–Crippen LogP) is -0.951. The number of aliphatic hydroxyl groups is 8. The van der Waals surface area contributed by atoms with Crippen LogP contribution in [0.1, 0.15) is 52.4 Å². The van der Waals surface area contributed by atoms with Crippen molar-refractivity contribution in [3.05, 3.63) is 11.6 Å². The van der Waals surface area contributed by atoms with Gasteiger partial charge in [-0.05, 0) is 61.2 Å². The molecule has 1 saturated heterocycles. The van der Waals surface area contributed by atoms with Crippen LogP contribution < -0.4 is 0 Å². The van der Waals surface area contributed by atoms with E-state index in [9.17, 15) is 40.9 Å². The van der Waals surface area contributed by atoms with E-state index in [0.717, 1.165) is 18.4 Å². The maximum absolute atomic E-state index is 10.9. The first-order chi connectivity index (χ1) is 16.9. The van der Waals surface area contributed by atoms with Crippen LogP contribution in [-0.4, -0.2) is 110 Å². The van der Waals surface area contributed by atoms with Gasteiger partial charge in [-0.2, -0.15) is 0 Å². The third kappa shape index (κ3) is 4.68. The molecule has 0 aromatic carbocycles. The molecule has 0 radical (unpaired) electrons. The van der Waals surface area contributed by atoms with E-state index in [4.69, 9.17) is 9.47 Å². The Balaban J connectivity index is 1.58. The highest BCUT2D eigenvalue weighted by Crippen LogP contribution is 2.64. The molecule has 4 aliphatic rings. The van der Waals surface area contributed by atoms with E-state index in [1.54, 1.807) is 0 Å². The van der Waals surface area contributed by atoms with Crippen LogP contribution >= 0.6 is 0 Å². The molecule has 36 heavy (non-hydrogen) atoms. The van der Waals surface area contributed by atoms with Crippen LogP contribution in [0, 0.1) is 28.1 Å². The molecule has 8 N–H and O–H groups in total. The number of allylic oxidation sites excluding steroid dienone is 1. The summed E-state index contributed by atoms with van der Waals surface area (Å²) >= 11 is 0. The molecule has 0 amide bonds. The van der Waals surface area contributed by atoms with Crippen molar-refractivity contribution in [2.75, 3.05) is 26.4 Å². The van der Waals surface area contributed by atoms with Crippen molar-refractivity contribution in [3.63, 3.8) is 0 Å². The fourth-order valence-corrected chi connectivity index (χ4v) is 7.98. The largest absolute Gasteiger partial charge is 0.396 e. The fourth-order valence-electron chi connectivity index (χ4n) is 7.98. The van der Waals surface area contributed by atoms with Gasteiger partial charge in [0.05, 0.1) is 32.0 Å². The second kappa shape index (κ2) is 10.5. The second-order valence-corrected chi connectivity index (χ2v) is 12.2. The molecule has 1 aliphatic heterocycles. The van der Waals surface area contributed by atoms with Crippen molar-refractivity contribution in [1.29, 1.82) is 0 Å². The van der Waals surface area contributed by atoms with Gasteiger partial charge in [0.1, 0.15) is 24.4 Å². The lowest BCUT2D eigenvalue weighted by atomic mass is 9.44. The van der Waals surface area contributed by atoms with Crippen molar-refractivity contribution < 1.29 is 50.3 Å². The number of rotatable bonds is 7. The Morgan fingerprint density at radius 3 is 2.39 bits per heavy atom. The molecule has 2 saturated carbocycles. The highest BCUT2D eigenvalue weighted by Gasteiger charge is 2.58. The Kier molecular flexibility index (Phi) is 8.26. The lowest BCUT2D eigenvalue weighted by Crippen LogP contribution is -2.60. The van der Waals surface area contributed by atoms with Crippen LogP contribution in [0.2, 0.25) is 0 Å². The van der Waals surface area contributed by atoms with Crippen molar-refractivity contribution in [2.45, 2.75) is 95.3 Å². The van der Waals surface area contributed by atoms with E-state index in [2.05, 4.69) is 13.8 Å². The van der Waals surface area contributed by atoms with Gasteiger partial charge in [0.15, 0.2) is 6.29 Å². The average molecular weight is 517 g/mol. The van der Waals surface area contributed by atoms with E-state index in [0.29, 0.717) is 25.7 Å². The van der Waals surface area contributed by atoms with E-state index < -0.39 is 61.5 Å². The SMILES string of the molecule is C[C@]1(CO)C[C@@H](O)C[C@]2(C)[C@H]3CC[C@](CO[C@@H]4O[C@H](CO)[C@@H](O)[C@H](O)[C@H]4O)([C@@H](O)CO)C=C3CC[C@@H]12. The summed E-state index contributed by atoms with van der Waals surface area (Å²) in [6.45, 7) is 3.11. The molecule has 3 fully saturated rings. The quantitative estimate of drug-likeness (QED) is 0.197. The number of hydrogen-bond acceptors (Lipinski definition) is 10. The zero-order valence-electron chi connectivity index (χ0n) is 21.2. The average Bonchev–Trinajstić information content (AvgIpc) is 2.85. The van der Waals surface area contributed by atoms with E-state index in [-0.39, 0.29) is 35.9 Å². The van der Waals surface area contributed by atoms with Gasteiger partial charge >= 0.3 is 0 Å². The van der Waals surface area contributed by atoms with Crippen molar-refractivity contribution in [3.8, 4) is 0 Å². The first-order valence-corrected chi connectivity index (χ1v) is 13.2. The molecule has 0 aromatic rings. The number of hydrogen-bond donors (Lipinski definition) is 8. The third-order valence-corrected chi connectivity index (χ3v) is 9.91. The lowest BCUT2D eigenvalue weighted by Gasteiger charge is -2.61.